The van der Waals surface area contributed by atoms with Crippen LogP contribution in [0.4, 0.5) is 0 Å². The number of carbonyl (C=O) groups is 1. The van der Waals surface area contributed by atoms with E-state index in [1.54, 1.807) is 19.2 Å². The fourth-order valence-electron chi connectivity index (χ4n) is 2.25. The minimum atomic E-state index is -0.234. The summed E-state index contributed by atoms with van der Waals surface area (Å²) in [7, 11) is 1.69. The summed E-state index contributed by atoms with van der Waals surface area (Å²) >= 11 is 3.24. The molecule has 98 valence electrons. The van der Waals surface area contributed by atoms with E-state index in [1.165, 1.54) is 6.07 Å². The van der Waals surface area contributed by atoms with Crippen molar-refractivity contribution in [2.24, 2.45) is 0 Å². The van der Waals surface area contributed by atoms with Crippen LogP contribution in [-0.2, 0) is 4.74 Å². The fourth-order valence-corrected chi connectivity index (χ4v) is 2.59. The molecule has 5 heteroatoms. The van der Waals surface area contributed by atoms with Crippen molar-refractivity contribution >= 4 is 21.8 Å². The highest BCUT2D eigenvalue weighted by Gasteiger charge is 2.26. The molecule has 0 bridgehead atoms. The number of carbonyl (C=O) groups excluding carboxylic acids is 1. The molecule has 1 saturated carbocycles. The second-order valence-corrected chi connectivity index (χ2v) is 5.42. The smallest absolute Gasteiger partial charge is 0.255 e. The molecule has 0 spiro atoms. The Morgan fingerprint density at radius 3 is 2.89 bits per heavy atom. The van der Waals surface area contributed by atoms with Crippen LogP contribution in [0, 0.1) is 0 Å². The topological polar surface area (TPSA) is 58.6 Å². The molecule has 1 aliphatic rings. The summed E-state index contributed by atoms with van der Waals surface area (Å²) in [5.74, 6) is -0.245. The third-order valence-electron chi connectivity index (χ3n) is 3.26. The summed E-state index contributed by atoms with van der Waals surface area (Å²) < 4.78 is 6.01. The van der Waals surface area contributed by atoms with E-state index in [0.29, 0.717) is 5.56 Å². The zero-order valence-corrected chi connectivity index (χ0v) is 11.7. The molecule has 0 saturated heterocycles. The van der Waals surface area contributed by atoms with Crippen molar-refractivity contribution in [2.45, 2.75) is 31.4 Å². The highest BCUT2D eigenvalue weighted by atomic mass is 79.9. The number of rotatable bonds is 3. The standard InChI is InChI=1S/C13H16BrNO3/c1-18-10-4-3-9(7-10)15-13(17)11-5-2-8(14)6-12(11)16/h2,5-6,9-10,16H,3-4,7H2,1H3,(H,15,17). The monoisotopic (exact) mass is 313 g/mol. The molecule has 2 rings (SSSR count). The van der Waals surface area contributed by atoms with Gasteiger partial charge in [-0.05, 0) is 37.5 Å². The van der Waals surface area contributed by atoms with Gasteiger partial charge in [0.25, 0.3) is 5.91 Å². The van der Waals surface area contributed by atoms with E-state index in [4.69, 9.17) is 4.74 Å². The quantitative estimate of drug-likeness (QED) is 0.901. The van der Waals surface area contributed by atoms with Crippen molar-refractivity contribution in [1.82, 2.24) is 5.32 Å². The Morgan fingerprint density at radius 1 is 1.50 bits per heavy atom. The van der Waals surface area contributed by atoms with Gasteiger partial charge in [-0.2, -0.15) is 0 Å². The maximum absolute atomic E-state index is 12.0. The number of hydrogen-bond donors (Lipinski definition) is 2. The minimum Gasteiger partial charge on any atom is -0.507 e. The lowest BCUT2D eigenvalue weighted by Gasteiger charge is -2.13. The lowest BCUT2D eigenvalue weighted by Crippen LogP contribution is -2.33. The van der Waals surface area contributed by atoms with Crippen molar-refractivity contribution in [2.75, 3.05) is 7.11 Å². The van der Waals surface area contributed by atoms with Gasteiger partial charge in [-0.25, -0.2) is 0 Å². The summed E-state index contributed by atoms with van der Waals surface area (Å²) in [5.41, 5.74) is 0.305. The molecule has 2 N–H and O–H groups in total. The average Bonchev–Trinajstić information content (AvgIpc) is 2.76. The van der Waals surface area contributed by atoms with Crippen LogP contribution in [0.1, 0.15) is 29.6 Å². The summed E-state index contributed by atoms with van der Waals surface area (Å²) in [6, 6.07) is 4.99. The SMILES string of the molecule is COC1CCC(NC(=O)c2ccc(Br)cc2O)C1. The molecule has 1 amide bonds. The molecule has 0 radical (unpaired) electrons. The summed E-state index contributed by atoms with van der Waals surface area (Å²) in [6.07, 6.45) is 2.95. The van der Waals surface area contributed by atoms with Crippen LogP contribution in [0.2, 0.25) is 0 Å². The van der Waals surface area contributed by atoms with Crippen molar-refractivity contribution in [3.63, 3.8) is 0 Å². The van der Waals surface area contributed by atoms with Gasteiger partial charge in [0, 0.05) is 17.6 Å². The van der Waals surface area contributed by atoms with Gasteiger partial charge in [0.1, 0.15) is 5.75 Å². The summed E-state index contributed by atoms with van der Waals surface area (Å²) in [4.78, 5) is 12.0. The van der Waals surface area contributed by atoms with Crippen LogP contribution in [-0.4, -0.2) is 30.3 Å². The predicted molar refractivity (Wildman–Crippen MR) is 71.7 cm³/mol. The minimum absolute atomic E-state index is 0.0110. The van der Waals surface area contributed by atoms with Gasteiger partial charge in [-0.1, -0.05) is 15.9 Å². The van der Waals surface area contributed by atoms with E-state index < -0.39 is 0 Å². The predicted octanol–water partition coefficient (Wildman–Crippen LogP) is 2.45. The van der Waals surface area contributed by atoms with Crippen LogP contribution in [0.15, 0.2) is 22.7 Å². The van der Waals surface area contributed by atoms with E-state index in [1.807, 2.05) is 0 Å². The highest BCUT2D eigenvalue weighted by molar-refractivity contribution is 9.10. The number of ether oxygens (including phenoxy) is 1. The zero-order chi connectivity index (χ0) is 13.1. The second-order valence-electron chi connectivity index (χ2n) is 4.50. The number of phenolic OH excluding ortho intramolecular Hbond substituents is 1. The maximum Gasteiger partial charge on any atom is 0.255 e. The molecule has 2 atom stereocenters. The summed E-state index contributed by atoms with van der Waals surface area (Å²) in [6.45, 7) is 0. The van der Waals surface area contributed by atoms with Gasteiger partial charge in [0.05, 0.1) is 11.7 Å². The summed E-state index contributed by atoms with van der Waals surface area (Å²) in [5, 5.41) is 12.6. The van der Waals surface area contributed by atoms with Gasteiger partial charge in [0.2, 0.25) is 0 Å². The van der Waals surface area contributed by atoms with Crippen molar-refractivity contribution in [3.05, 3.63) is 28.2 Å². The Kier molecular flexibility index (Phi) is 4.24. The van der Waals surface area contributed by atoms with Gasteiger partial charge < -0.3 is 15.2 Å². The second kappa shape index (κ2) is 5.71. The first-order valence-electron chi connectivity index (χ1n) is 5.92. The first kappa shape index (κ1) is 13.4. The lowest BCUT2D eigenvalue weighted by atomic mass is 10.1. The number of halogens is 1. The molecule has 4 nitrogen and oxygen atoms in total. The average molecular weight is 314 g/mol. The van der Waals surface area contributed by atoms with Gasteiger partial charge >= 0.3 is 0 Å². The first-order chi connectivity index (χ1) is 8.60. The maximum atomic E-state index is 12.0. The van der Waals surface area contributed by atoms with E-state index in [-0.39, 0.29) is 23.8 Å². The third kappa shape index (κ3) is 3.03. The van der Waals surface area contributed by atoms with Crippen LogP contribution in [0.3, 0.4) is 0 Å². The van der Waals surface area contributed by atoms with Crippen LogP contribution < -0.4 is 5.32 Å². The Morgan fingerprint density at radius 2 is 2.28 bits per heavy atom. The molecule has 1 aromatic carbocycles. The third-order valence-corrected chi connectivity index (χ3v) is 3.75. The van der Waals surface area contributed by atoms with Gasteiger partial charge in [-0.15, -0.1) is 0 Å². The van der Waals surface area contributed by atoms with Crippen molar-refractivity contribution in [1.29, 1.82) is 0 Å². The highest BCUT2D eigenvalue weighted by Crippen LogP contribution is 2.24. The lowest BCUT2D eigenvalue weighted by molar-refractivity contribution is 0.0912. The number of benzene rings is 1. The molecule has 1 aromatic rings. The van der Waals surface area contributed by atoms with Crippen LogP contribution in [0.25, 0.3) is 0 Å². The number of amides is 1. The molecule has 1 fully saturated rings. The van der Waals surface area contributed by atoms with E-state index in [9.17, 15) is 9.90 Å². The molecule has 18 heavy (non-hydrogen) atoms. The Balaban J connectivity index is 2.00. The fraction of sp³-hybridized carbons (Fsp3) is 0.462. The molecular weight excluding hydrogens is 298 g/mol. The number of hydrogen-bond acceptors (Lipinski definition) is 3. The van der Waals surface area contributed by atoms with Crippen LogP contribution in [0.5, 0.6) is 5.75 Å². The molecule has 2 unspecified atom stereocenters. The Labute approximate surface area is 114 Å². The molecule has 0 aromatic heterocycles. The van der Waals surface area contributed by atoms with E-state index in [2.05, 4.69) is 21.2 Å². The largest absolute Gasteiger partial charge is 0.507 e. The van der Waals surface area contributed by atoms with Gasteiger partial charge in [0.15, 0.2) is 0 Å². The number of phenols is 1. The number of aromatic hydroxyl groups is 1. The van der Waals surface area contributed by atoms with Gasteiger partial charge in [-0.3, -0.25) is 4.79 Å². The van der Waals surface area contributed by atoms with Crippen LogP contribution >= 0.6 is 15.9 Å². The Bertz CT molecular complexity index is 450. The van der Waals surface area contributed by atoms with E-state index in [0.717, 1.165) is 23.7 Å². The number of nitrogens with one attached hydrogen (secondary N) is 1. The van der Waals surface area contributed by atoms with Crippen molar-refractivity contribution < 1.29 is 14.6 Å². The first-order valence-corrected chi connectivity index (χ1v) is 6.71. The number of methoxy groups -OCH3 is 1. The zero-order valence-electron chi connectivity index (χ0n) is 10.1. The van der Waals surface area contributed by atoms with Crippen molar-refractivity contribution in [3.8, 4) is 5.75 Å². The Hall–Kier alpha value is -1.07. The molecule has 1 aliphatic carbocycles. The van der Waals surface area contributed by atoms with E-state index >= 15 is 0 Å². The normalized spacial score (nSPS) is 23.0. The molecule has 0 heterocycles. The molecular formula is C13H16BrNO3. The molecule has 0 aliphatic heterocycles.